The monoisotopic (exact) mass is 640 g/mol. The minimum atomic E-state index is -4.22. The molecular weight excluding hydrogens is 615 g/mol. The Morgan fingerprint density at radius 3 is 1.00 bits per heavy atom. The molecule has 196 valence electrons. The van der Waals surface area contributed by atoms with E-state index in [1.54, 1.807) is 13.8 Å². The third-order valence-electron chi connectivity index (χ3n) is 4.08. The standard InChI is InChI=1S/2C14H4O2.2C4H9.Sn/c2*1-2-3-4-5-6-7-8-9-10-11-12-13-14(15)16;2*1-3-4-2;/h2*1H3,(H,15,16);2*1,3-4H2,2H3;/q;;;;+2/p-2. The first-order valence-electron chi connectivity index (χ1n) is 12.3. The number of rotatable bonds is 8. The van der Waals surface area contributed by atoms with Gasteiger partial charge in [-0.05, 0) is 25.7 Å². The molecule has 0 unspecified atom stereocenters. The average molecular weight is 639 g/mol. The maximum absolute atomic E-state index is 12.5. The molecule has 0 fully saturated rings. The van der Waals surface area contributed by atoms with E-state index < -0.39 is 31.1 Å². The Hall–Kier alpha value is -5.54. The Balaban J connectivity index is 5.54. The van der Waals surface area contributed by atoms with Crippen LogP contribution in [-0.2, 0) is 15.7 Å². The van der Waals surface area contributed by atoms with Crippen molar-refractivity contribution < 1.29 is 15.7 Å². The van der Waals surface area contributed by atoms with Gasteiger partial charge in [0.25, 0.3) is 0 Å². The van der Waals surface area contributed by atoms with Crippen LogP contribution in [0.2, 0.25) is 8.87 Å². The molecule has 0 radical (unpaired) electrons. The molecule has 0 saturated heterocycles. The number of carbonyl (C=O) groups excluding carboxylic acids is 2. The van der Waals surface area contributed by atoms with Crippen LogP contribution in [0.5, 0.6) is 0 Å². The zero-order valence-electron chi connectivity index (χ0n) is 23.4. The smallest absolute Gasteiger partial charge is 0.0925 e. The molecule has 0 bridgehead atoms. The number of hydrogen-bond acceptors (Lipinski definition) is 4. The van der Waals surface area contributed by atoms with Gasteiger partial charge < -0.3 is 0 Å². The summed E-state index contributed by atoms with van der Waals surface area (Å²) in [6.07, 6.45) is 3.15. The summed E-state index contributed by atoms with van der Waals surface area (Å²) in [4.78, 5) is 25.0. The number of hydrogen-bond donors (Lipinski definition) is 0. The Kier molecular flexibility index (Phi) is 22.6. The molecule has 0 heterocycles. The second-order valence-corrected chi connectivity index (χ2v) is 16.4. The summed E-state index contributed by atoms with van der Waals surface area (Å²) in [5.74, 6) is 58.0. The van der Waals surface area contributed by atoms with Gasteiger partial charge in [0.15, 0.2) is 0 Å². The first-order chi connectivity index (χ1) is 20.0. The molecule has 0 spiro atoms. The van der Waals surface area contributed by atoms with Crippen LogP contribution in [0.1, 0.15) is 53.4 Å². The van der Waals surface area contributed by atoms with Crippen molar-refractivity contribution in [2.75, 3.05) is 0 Å². The summed E-state index contributed by atoms with van der Waals surface area (Å²) >= 11 is -4.22. The van der Waals surface area contributed by atoms with E-state index >= 15 is 0 Å². The predicted octanol–water partition coefficient (Wildman–Crippen LogP) is 3.20. The average Bonchev–Trinajstić information content (AvgIpc) is 2.96. The second kappa shape index (κ2) is 26.1. The maximum atomic E-state index is 12.5. The van der Waals surface area contributed by atoms with Crippen molar-refractivity contribution in [3.05, 3.63) is 0 Å². The fourth-order valence-electron chi connectivity index (χ4n) is 2.42. The fraction of sp³-hybridized carbons (Fsp3) is 0.278. The van der Waals surface area contributed by atoms with Gasteiger partial charge in [-0.2, -0.15) is 0 Å². The molecule has 4 nitrogen and oxygen atoms in total. The van der Waals surface area contributed by atoms with E-state index in [-0.39, 0.29) is 0 Å². The molecule has 0 N–H and O–H groups in total. The van der Waals surface area contributed by atoms with Crippen molar-refractivity contribution in [2.24, 2.45) is 0 Å². The Labute approximate surface area is 250 Å². The second-order valence-electron chi connectivity index (χ2n) is 7.15. The first-order valence-corrected chi connectivity index (χ1v) is 18.7. The molecular formula is C36H24O4Sn. The first kappa shape index (κ1) is 35.5. The quantitative estimate of drug-likeness (QED) is 0.303. The van der Waals surface area contributed by atoms with Gasteiger partial charge in [-0.1, -0.05) is 11.8 Å². The van der Waals surface area contributed by atoms with Gasteiger partial charge in [0.1, 0.15) is 0 Å². The SMILES string of the molecule is CC#CC#CC#CC#CC#CC#CC(=O)[O][Sn]([CH2]CCC)([CH2]CCC)[O]C(=O)C#CC#CC#CC#CC#CC#CC. The van der Waals surface area contributed by atoms with Crippen molar-refractivity contribution in [2.45, 2.75) is 62.3 Å². The summed E-state index contributed by atoms with van der Waals surface area (Å²) < 4.78 is 12.5. The minimum Gasteiger partial charge on any atom is -0.0925 e. The van der Waals surface area contributed by atoms with Gasteiger partial charge in [-0.15, -0.1) is 0 Å². The van der Waals surface area contributed by atoms with E-state index in [4.69, 9.17) is 6.15 Å². The topological polar surface area (TPSA) is 52.6 Å². The zero-order chi connectivity index (χ0) is 30.3. The Morgan fingerprint density at radius 1 is 0.463 bits per heavy atom. The summed E-state index contributed by atoms with van der Waals surface area (Å²) in [6, 6.07) is 0. The van der Waals surface area contributed by atoms with E-state index in [2.05, 4.69) is 142 Å². The van der Waals surface area contributed by atoms with Gasteiger partial charge in [0.2, 0.25) is 0 Å². The molecule has 5 heteroatoms. The fourth-order valence-corrected chi connectivity index (χ4v) is 11.7. The minimum absolute atomic E-state index is 0.497. The molecule has 0 amide bonds. The van der Waals surface area contributed by atoms with Crippen LogP contribution in [-0.4, -0.2) is 31.1 Å². The van der Waals surface area contributed by atoms with E-state index in [0.29, 0.717) is 8.87 Å². The van der Waals surface area contributed by atoms with Crippen LogP contribution < -0.4 is 0 Å². The summed E-state index contributed by atoms with van der Waals surface area (Å²) in [7, 11) is 0. The van der Waals surface area contributed by atoms with Gasteiger partial charge in [-0.3, -0.25) is 0 Å². The number of unbranched alkanes of at least 4 members (excludes halogenated alkanes) is 2. The molecule has 0 aliphatic heterocycles. The van der Waals surface area contributed by atoms with Crippen molar-refractivity contribution in [3.8, 4) is 142 Å². The molecule has 0 aromatic rings. The van der Waals surface area contributed by atoms with E-state index in [1.165, 1.54) is 0 Å². The van der Waals surface area contributed by atoms with Crippen LogP contribution in [0.4, 0.5) is 0 Å². The molecule has 0 aromatic heterocycles. The summed E-state index contributed by atoms with van der Waals surface area (Å²) in [5, 5.41) is 0. The van der Waals surface area contributed by atoms with Crippen LogP contribution in [0.15, 0.2) is 0 Å². The third-order valence-corrected chi connectivity index (χ3v) is 13.6. The summed E-state index contributed by atoms with van der Waals surface area (Å²) in [6.45, 7) is 7.35. The molecule has 0 aromatic carbocycles. The van der Waals surface area contributed by atoms with Crippen LogP contribution in [0.3, 0.4) is 0 Å². The van der Waals surface area contributed by atoms with E-state index in [9.17, 15) is 9.59 Å². The molecule has 41 heavy (non-hydrogen) atoms. The van der Waals surface area contributed by atoms with Gasteiger partial charge in [-0.25, -0.2) is 0 Å². The predicted molar refractivity (Wildman–Crippen MR) is 162 cm³/mol. The van der Waals surface area contributed by atoms with Gasteiger partial charge >= 0.3 is 214 Å². The molecule has 0 aliphatic carbocycles. The van der Waals surface area contributed by atoms with Crippen molar-refractivity contribution in [1.29, 1.82) is 0 Å². The van der Waals surface area contributed by atoms with Crippen molar-refractivity contribution in [1.82, 2.24) is 0 Å². The normalized spacial score (nSPS) is 6.93. The van der Waals surface area contributed by atoms with Crippen LogP contribution >= 0.6 is 0 Å². The number of carbonyl (C=O) groups is 2. The molecule has 0 atom stereocenters. The Morgan fingerprint density at radius 2 is 0.732 bits per heavy atom. The van der Waals surface area contributed by atoms with Crippen LogP contribution in [0.25, 0.3) is 0 Å². The van der Waals surface area contributed by atoms with E-state index in [1.807, 2.05) is 13.8 Å². The van der Waals surface area contributed by atoms with Crippen molar-refractivity contribution in [3.63, 3.8) is 0 Å². The molecule has 0 aliphatic rings. The third kappa shape index (κ3) is 22.2. The van der Waals surface area contributed by atoms with Gasteiger partial charge in [0, 0.05) is 0 Å². The molecule has 0 rings (SSSR count). The summed E-state index contributed by atoms with van der Waals surface area (Å²) in [5.41, 5.74) is 0. The zero-order valence-corrected chi connectivity index (χ0v) is 26.2. The van der Waals surface area contributed by atoms with Crippen LogP contribution in [0, 0.1) is 142 Å². The Bertz CT molecular complexity index is 1600. The van der Waals surface area contributed by atoms with E-state index in [0.717, 1.165) is 25.7 Å². The molecule has 0 saturated carbocycles. The van der Waals surface area contributed by atoms with Gasteiger partial charge in [0.05, 0.1) is 0 Å². The van der Waals surface area contributed by atoms with Crippen molar-refractivity contribution >= 4 is 31.1 Å².